The molecule has 1 aliphatic rings. The average molecular weight is 324 g/mol. The van der Waals surface area contributed by atoms with Gasteiger partial charge >= 0.3 is 5.97 Å². The molecule has 0 atom stereocenters. The van der Waals surface area contributed by atoms with Crippen molar-refractivity contribution in [3.8, 4) is 17.2 Å². The van der Waals surface area contributed by atoms with E-state index < -0.39 is 5.97 Å². The molecule has 0 N–H and O–H groups in total. The molecule has 0 saturated carbocycles. The van der Waals surface area contributed by atoms with Gasteiger partial charge in [-0.3, -0.25) is 9.59 Å². The van der Waals surface area contributed by atoms with Crippen molar-refractivity contribution in [3.05, 3.63) is 59.4 Å². The smallest absolute Gasteiger partial charge is 0.308 e. The molecule has 0 aliphatic carbocycles. The van der Waals surface area contributed by atoms with E-state index in [4.69, 9.17) is 14.2 Å². The van der Waals surface area contributed by atoms with Crippen molar-refractivity contribution in [2.75, 3.05) is 6.61 Å². The molecule has 5 heteroatoms. The highest BCUT2D eigenvalue weighted by atomic mass is 16.5. The minimum absolute atomic E-state index is 0.201. The molecule has 0 radical (unpaired) electrons. The van der Waals surface area contributed by atoms with Crippen LogP contribution in [0.25, 0.3) is 6.08 Å². The fourth-order valence-electron chi connectivity index (χ4n) is 2.38. The molecule has 0 aromatic heterocycles. The van der Waals surface area contributed by atoms with Gasteiger partial charge in [-0.15, -0.1) is 0 Å². The summed E-state index contributed by atoms with van der Waals surface area (Å²) < 4.78 is 16.0. The predicted molar refractivity (Wildman–Crippen MR) is 88.3 cm³/mol. The third kappa shape index (κ3) is 3.30. The van der Waals surface area contributed by atoms with Crippen LogP contribution in [-0.4, -0.2) is 18.4 Å². The van der Waals surface area contributed by atoms with E-state index in [1.165, 1.54) is 13.0 Å². The molecule has 2 aromatic rings. The first-order chi connectivity index (χ1) is 11.6. The summed E-state index contributed by atoms with van der Waals surface area (Å²) in [7, 11) is 0. The van der Waals surface area contributed by atoms with Gasteiger partial charge in [-0.05, 0) is 42.8 Å². The maximum atomic E-state index is 12.4. The summed E-state index contributed by atoms with van der Waals surface area (Å²) in [5.41, 5.74) is 1.28. The van der Waals surface area contributed by atoms with Crippen molar-refractivity contribution in [2.24, 2.45) is 0 Å². The van der Waals surface area contributed by atoms with E-state index in [1.54, 1.807) is 18.2 Å². The van der Waals surface area contributed by atoms with Crippen molar-refractivity contribution in [2.45, 2.75) is 13.8 Å². The molecular weight excluding hydrogens is 308 g/mol. The number of benzene rings is 2. The fraction of sp³-hybridized carbons (Fsp3) is 0.158. The molecule has 1 heterocycles. The van der Waals surface area contributed by atoms with Crippen LogP contribution in [0.1, 0.15) is 29.8 Å². The van der Waals surface area contributed by atoms with Crippen LogP contribution in [0.3, 0.4) is 0 Å². The standard InChI is InChI=1S/C19H16O5/c1-3-22-14-6-4-13(5-7-14)10-18-19(21)16-9-8-15(23-12(2)20)11-17(16)24-18/h4-11H,3H2,1-2H3. The molecule has 3 rings (SSSR count). The van der Waals surface area contributed by atoms with Gasteiger partial charge in [-0.25, -0.2) is 0 Å². The number of hydrogen-bond acceptors (Lipinski definition) is 5. The van der Waals surface area contributed by atoms with Gasteiger partial charge in [0, 0.05) is 13.0 Å². The van der Waals surface area contributed by atoms with Gasteiger partial charge in [0.1, 0.15) is 17.2 Å². The SMILES string of the molecule is CCOc1ccc(C=C2Oc3cc(OC(C)=O)ccc3C2=O)cc1. The highest BCUT2D eigenvalue weighted by Gasteiger charge is 2.27. The maximum absolute atomic E-state index is 12.4. The Morgan fingerprint density at radius 2 is 1.83 bits per heavy atom. The minimum Gasteiger partial charge on any atom is -0.494 e. The number of esters is 1. The average Bonchev–Trinajstić information content (AvgIpc) is 2.84. The summed E-state index contributed by atoms with van der Waals surface area (Å²) in [5, 5.41) is 0. The van der Waals surface area contributed by atoms with Gasteiger partial charge in [0.05, 0.1) is 12.2 Å². The van der Waals surface area contributed by atoms with Gasteiger partial charge in [0.25, 0.3) is 0 Å². The summed E-state index contributed by atoms with van der Waals surface area (Å²) in [6, 6.07) is 12.1. The number of Topliss-reactive ketones (excluding diaryl/α,β-unsaturated/α-hetero) is 1. The predicted octanol–water partition coefficient (Wildman–Crippen LogP) is 3.63. The van der Waals surface area contributed by atoms with E-state index in [0.29, 0.717) is 23.7 Å². The van der Waals surface area contributed by atoms with E-state index in [9.17, 15) is 9.59 Å². The topological polar surface area (TPSA) is 61.8 Å². The summed E-state index contributed by atoms with van der Waals surface area (Å²) in [4.78, 5) is 23.4. The molecular formula is C19H16O5. The number of hydrogen-bond donors (Lipinski definition) is 0. The quantitative estimate of drug-likeness (QED) is 0.488. The number of rotatable bonds is 4. The summed E-state index contributed by atoms with van der Waals surface area (Å²) >= 11 is 0. The molecule has 0 amide bonds. The molecule has 0 unspecified atom stereocenters. The van der Waals surface area contributed by atoms with Gasteiger partial charge in [0.15, 0.2) is 5.76 Å². The third-order valence-corrected chi connectivity index (χ3v) is 3.39. The van der Waals surface area contributed by atoms with Crippen LogP contribution in [0.2, 0.25) is 0 Å². The lowest BCUT2D eigenvalue weighted by Crippen LogP contribution is -2.01. The van der Waals surface area contributed by atoms with Crippen molar-refractivity contribution in [1.29, 1.82) is 0 Å². The van der Waals surface area contributed by atoms with E-state index in [0.717, 1.165) is 11.3 Å². The highest BCUT2D eigenvalue weighted by Crippen LogP contribution is 2.35. The zero-order valence-electron chi connectivity index (χ0n) is 13.4. The van der Waals surface area contributed by atoms with Crippen LogP contribution in [0.15, 0.2) is 48.2 Å². The second-order valence-corrected chi connectivity index (χ2v) is 5.19. The molecule has 0 fully saturated rings. The van der Waals surface area contributed by atoms with Gasteiger partial charge < -0.3 is 14.2 Å². The Morgan fingerprint density at radius 1 is 1.12 bits per heavy atom. The van der Waals surface area contributed by atoms with Gasteiger partial charge in [-0.2, -0.15) is 0 Å². The van der Waals surface area contributed by atoms with Gasteiger partial charge in [0.2, 0.25) is 5.78 Å². The number of ether oxygens (including phenoxy) is 3. The van der Waals surface area contributed by atoms with Crippen molar-refractivity contribution >= 4 is 17.8 Å². The normalized spacial score (nSPS) is 14.2. The Morgan fingerprint density at radius 3 is 2.50 bits per heavy atom. The molecule has 0 spiro atoms. The Hall–Kier alpha value is -3.08. The third-order valence-electron chi connectivity index (χ3n) is 3.39. The lowest BCUT2D eigenvalue weighted by atomic mass is 10.1. The molecule has 2 aromatic carbocycles. The van der Waals surface area contributed by atoms with E-state index >= 15 is 0 Å². The Kier molecular flexibility index (Phi) is 4.33. The van der Waals surface area contributed by atoms with Crippen LogP contribution in [0.5, 0.6) is 17.2 Å². The molecule has 24 heavy (non-hydrogen) atoms. The van der Waals surface area contributed by atoms with Crippen LogP contribution in [0, 0.1) is 0 Å². The van der Waals surface area contributed by atoms with E-state index in [2.05, 4.69) is 0 Å². The minimum atomic E-state index is -0.426. The summed E-state index contributed by atoms with van der Waals surface area (Å²) in [6.45, 7) is 3.83. The second-order valence-electron chi connectivity index (χ2n) is 5.19. The van der Waals surface area contributed by atoms with Crippen molar-refractivity contribution < 1.29 is 23.8 Å². The first kappa shape index (κ1) is 15.8. The molecule has 0 bridgehead atoms. The van der Waals surface area contributed by atoms with Crippen LogP contribution in [-0.2, 0) is 4.79 Å². The molecule has 1 aliphatic heterocycles. The monoisotopic (exact) mass is 324 g/mol. The van der Waals surface area contributed by atoms with Crippen LogP contribution >= 0.6 is 0 Å². The molecule has 122 valence electrons. The first-order valence-electron chi connectivity index (χ1n) is 7.56. The lowest BCUT2D eigenvalue weighted by Gasteiger charge is -2.03. The number of allylic oxidation sites excluding steroid dienone is 1. The van der Waals surface area contributed by atoms with Crippen LogP contribution < -0.4 is 14.2 Å². The highest BCUT2D eigenvalue weighted by molar-refractivity contribution is 6.14. The zero-order valence-corrected chi connectivity index (χ0v) is 13.4. The number of fused-ring (bicyclic) bond motifs is 1. The van der Waals surface area contributed by atoms with E-state index in [-0.39, 0.29) is 11.5 Å². The second kappa shape index (κ2) is 6.58. The van der Waals surface area contributed by atoms with Crippen molar-refractivity contribution in [3.63, 3.8) is 0 Å². The number of carbonyl (C=O) groups is 2. The Balaban J connectivity index is 1.83. The largest absolute Gasteiger partial charge is 0.494 e. The molecule has 0 saturated heterocycles. The maximum Gasteiger partial charge on any atom is 0.308 e. The zero-order chi connectivity index (χ0) is 17.1. The summed E-state index contributed by atoms with van der Waals surface area (Å²) in [5.74, 6) is 1.10. The van der Waals surface area contributed by atoms with Crippen molar-refractivity contribution in [1.82, 2.24) is 0 Å². The van der Waals surface area contributed by atoms with Gasteiger partial charge in [-0.1, -0.05) is 12.1 Å². The Labute approximate surface area is 139 Å². The molecule has 5 nitrogen and oxygen atoms in total. The lowest BCUT2D eigenvalue weighted by molar-refractivity contribution is -0.131. The van der Waals surface area contributed by atoms with Crippen LogP contribution in [0.4, 0.5) is 0 Å². The number of ketones is 1. The first-order valence-corrected chi connectivity index (χ1v) is 7.56. The Bertz CT molecular complexity index is 818. The van der Waals surface area contributed by atoms with E-state index in [1.807, 2.05) is 31.2 Å². The summed E-state index contributed by atoms with van der Waals surface area (Å²) in [6.07, 6.45) is 1.67. The fourth-order valence-corrected chi connectivity index (χ4v) is 2.38. The number of carbonyl (C=O) groups excluding carboxylic acids is 2.